The van der Waals surface area contributed by atoms with Crippen LogP contribution in [0.1, 0.15) is 23.5 Å². The van der Waals surface area contributed by atoms with Gasteiger partial charge in [-0.05, 0) is 41.2 Å². The molecule has 1 atom stereocenters. The summed E-state index contributed by atoms with van der Waals surface area (Å²) in [7, 11) is 0. The Morgan fingerprint density at radius 2 is 2.21 bits per heavy atom. The smallest absolute Gasteiger partial charge is 0.263 e. The first-order chi connectivity index (χ1) is 6.52. The van der Waals surface area contributed by atoms with E-state index in [1.165, 1.54) is 18.3 Å². The van der Waals surface area contributed by atoms with E-state index in [1.54, 1.807) is 13.0 Å². The second kappa shape index (κ2) is 4.70. The van der Waals surface area contributed by atoms with Crippen LogP contribution in [0.3, 0.4) is 0 Å². The molecule has 5 heteroatoms. The maximum atomic E-state index is 11.6. The van der Waals surface area contributed by atoms with E-state index in [0.29, 0.717) is 4.88 Å². The van der Waals surface area contributed by atoms with Crippen molar-refractivity contribution >= 4 is 39.0 Å². The standard InChI is InChI=1S/C9H10BrNO2S/c1-5(6(2)12)11-9(13)8-7(10)3-4-14-8/h3-5H,1-2H3,(H,11,13). The highest BCUT2D eigenvalue weighted by molar-refractivity contribution is 9.10. The van der Waals surface area contributed by atoms with Crippen LogP contribution in [0.15, 0.2) is 15.9 Å². The van der Waals surface area contributed by atoms with Crippen molar-refractivity contribution in [1.82, 2.24) is 5.32 Å². The van der Waals surface area contributed by atoms with Crippen LogP contribution in [-0.4, -0.2) is 17.7 Å². The van der Waals surface area contributed by atoms with Gasteiger partial charge in [-0.2, -0.15) is 0 Å². The van der Waals surface area contributed by atoms with E-state index in [4.69, 9.17) is 0 Å². The Hall–Kier alpha value is -0.680. The third-order valence-corrected chi connectivity index (χ3v) is 3.62. The normalized spacial score (nSPS) is 12.2. The number of halogens is 1. The Morgan fingerprint density at radius 1 is 1.57 bits per heavy atom. The van der Waals surface area contributed by atoms with E-state index in [2.05, 4.69) is 21.2 Å². The number of hydrogen-bond donors (Lipinski definition) is 1. The molecule has 1 unspecified atom stereocenters. The van der Waals surface area contributed by atoms with Crippen molar-refractivity contribution in [3.8, 4) is 0 Å². The molecule has 0 fully saturated rings. The van der Waals surface area contributed by atoms with E-state index in [0.717, 1.165) is 4.47 Å². The van der Waals surface area contributed by atoms with E-state index >= 15 is 0 Å². The van der Waals surface area contributed by atoms with Crippen LogP contribution in [0.4, 0.5) is 0 Å². The van der Waals surface area contributed by atoms with Gasteiger partial charge in [0, 0.05) is 4.47 Å². The monoisotopic (exact) mass is 275 g/mol. The zero-order valence-electron chi connectivity index (χ0n) is 7.83. The summed E-state index contributed by atoms with van der Waals surface area (Å²) in [5.41, 5.74) is 0. The van der Waals surface area contributed by atoms with Gasteiger partial charge >= 0.3 is 0 Å². The molecule has 3 nitrogen and oxygen atoms in total. The summed E-state index contributed by atoms with van der Waals surface area (Å²) < 4.78 is 0.760. The lowest BCUT2D eigenvalue weighted by molar-refractivity contribution is -0.118. The average molecular weight is 276 g/mol. The molecule has 1 rings (SSSR count). The molecule has 0 bridgehead atoms. The van der Waals surface area contributed by atoms with Crippen molar-refractivity contribution in [1.29, 1.82) is 0 Å². The molecule has 0 aliphatic carbocycles. The van der Waals surface area contributed by atoms with E-state index in [1.807, 2.05) is 5.38 Å². The summed E-state index contributed by atoms with van der Waals surface area (Å²) in [6.45, 7) is 3.12. The third kappa shape index (κ3) is 2.65. The lowest BCUT2D eigenvalue weighted by atomic mass is 10.2. The van der Waals surface area contributed by atoms with Crippen LogP contribution >= 0.6 is 27.3 Å². The van der Waals surface area contributed by atoms with Gasteiger partial charge in [-0.3, -0.25) is 9.59 Å². The number of ketones is 1. The van der Waals surface area contributed by atoms with Gasteiger partial charge in [0.05, 0.1) is 6.04 Å². The summed E-state index contributed by atoms with van der Waals surface area (Å²) in [5, 5.41) is 4.43. The molecule has 1 heterocycles. The van der Waals surface area contributed by atoms with Crippen molar-refractivity contribution in [3.05, 3.63) is 20.8 Å². The lowest BCUT2D eigenvalue weighted by Gasteiger charge is -2.09. The van der Waals surface area contributed by atoms with Crippen molar-refractivity contribution in [2.24, 2.45) is 0 Å². The first-order valence-electron chi connectivity index (χ1n) is 4.06. The van der Waals surface area contributed by atoms with Gasteiger partial charge < -0.3 is 5.32 Å². The number of thiophene rings is 1. The minimum absolute atomic E-state index is 0.0500. The highest BCUT2D eigenvalue weighted by Crippen LogP contribution is 2.22. The van der Waals surface area contributed by atoms with Gasteiger partial charge in [0.2, 0.25) is 0 Å². The fourth-order valence-electron chi connectivity index (χ4n) is 0.820. The maximum Gasteiger partial charge on any atom is 0.263 e. The van der Waals surface area contributed by atoms with Crippen molar-refractivity contribution in [2.45, 2.75) is 19.9 Å². The van der Waals surface area contributed by atoms with Gasteiger partial charge in [-0.1, -0.05) is 0 Å². The molecule has 76 valence electrons. The molecule has 0 spiro atoms. The van der Waals surface area contributed by atoms with Crippen LogP contribution in [0, 0.1) is 0 Å². The highest BCUT2D eigenvalue weighted by atomic mass is 79.9. The molecule has 1 aromatic heterocycles. The predicted molar refractivity (Wildman–Crippen MR) is 59.6 cm³/mol. The van der Waals surface area contributed by atoms with Gasteiger partial charge in [-0.15, -0.1) is 11.3 Å². The number of carbonyl (C=O) groups is 2. The second-order valence-corrected chi connectivity index (χ2v) is 4.67. The molecule has 1 aromatic rings. The van der Waals surface area contributed by atoms with Crippen LogP contribution < -0.4 is 5.32 Å². The first-order valence-corrected chi connectivity index (χ1v) is 5.74. The molecule has 1 amide bonds. The summed E-state index contributed by atoms with van der Waals surface area (Å²) in [6.07, 6.45) is 0. The number of rotatable bonds is 3. The minimum atomic E-state index is -0.434. The van der Waals surface area contributed by atoms with Crippen LogP contribution in [0.5, 0.6) is 0 Å². The molecule has 0 radical (unpaired) electrons. The SMILES string of the molecule is CC(=O)C(C)NC(=O)c1sccc1Br. The number of carbonyl (C=O) groups excluding carboxylic acids is 2. The molecule has 0 saturated carbocycles. The van der Waals surface area contributed by atoms with Gasteiger partial charge in [0.15, 0.2) is 5.78 Å². The average Bonchev–Trinajstić information content (AvgIpc) is 2.51. The Bertz CT molecular complexity index is 361. The second-order valence-electron chi connectivity index (χ2n) is 2.90. The van der Waals surface area contributed by atoms with Crippen molar-refractivity contribution < 1.29 is 9.59 Å². The fourth-order valence-corrected chi connectivity index (χ4v) is 2.27. The molecule has 14 heavy (non-hydrogen) atoms. The van der Waals surface area contributed by atoms with Gasteiger partial charge in [-0.25, -0.2) is 0 Å². The van der Waals surface area contributed by atoms with Crippen LogP contribution in [0.25, 0.3) is 0 Å². The molecule has 0 aliphatic heterocycles. The van der Waals surface area contributed by atoms with Crippen LogP contribution in [0.2, 0.25) is 0 Å². The Morgan fingerprint density at radius 3 is 2.64 bits per heavy atom. The number of hydrogen-bond acceptors (Lipinski definition) is 3. The zero-order valence-corrected chi connectivity index (χ0v) is 10.2. The topological polar surface area (TPSA) is 46.2 Å². The highest BCUT2D eigenvalue weighted by Gasteiger charge is 2.15. The van der Waals surface area contributed by atoms with E-state index < -0.39 is 6.04 Å². The third-order valence-electron chi connectivity index (χ3n) is 1.78. The van der Waals surface area contributed by atoms with Crippen LogP contribution in [-0.2, 0) is 4.79 Å². The number of amides is 1. The first kappa shape index (κ1) is 11.4. The maximum absolute atomic E-state index is 11.6. The lowest BCUT2D eigenvalue weighted by Crippen LogP contribution is -2.36. The molecule has 0 aliphatic rings. The Balaban J connectivity index is 2.69. The largest absolute Gasteiger partial charge is 0.342 e. The number of Topliss-reactive ketones (excluding diaryl/α,β-unsaturated/α-hetero) is 1. The minimum Gasteiger partial charge on any atom is -0.342 e. The molecule has 0 aromatic carbocycles. The van der Waals surface area contributed by atoms with Gasteiger partial charge in [0.1, 0.15) is 4.88 Å². The van der Waals surface area contributed by atoms with Crippen molar-refractivity contribution in [2.75, 3.05) is 0 Å². The van der Waals surface area contributed by atoms with Crippen molar-refractivity contribution in [3.63, 3.8) is 0 Å². The summed E-state index contributed by atoms with van der Waals surface area (Å²) in [4.78, 5) is 23.1. The molecule has 1 N–H and O–H groups in total. The Labute approximate surface area is 94.6 Å². The predicted octanol–water partition coefficient (Wildman–Crippen LogP) is 2.22. The summed E-state index contributed by atoms with van der Waals surface area (Å²) in [5.74, 6) is -0.263. The quantitative estimate of drug-likeness (QED) is 0.920. The van der Waals surface area contributed by atoms with E-state index in [-0.39, 0.29) is 11.7 Å². The molecular formula is C9H10BrNO2S. The fraction of sp³-hybridized carbons (Fsp3) is 0.333. The summed E-state index contributed by atoms with van der Waals surface area (Å²) in [6, 6.07) is 1.37. The van der Waals surface area contributed by atoms with Gasteiger partial charge in [0.25, 0.3) is 5.91 Å². The zero-order chi connectivity index (χ0) is 10.7. The number of nitrogens with one attached hydrogen (secondary N) is 1. The van der Waals surface area contributed by atoms with E-state index in [9.17, 15) is 9.59 Å². The molecule has 0 saturated heterocycles. The molecular weight excluding hydrogens is 266 g/mol. The Kier molecular flexibility index (Phi) is 3.83. The summed E-state index contributed by atoms with van der Waals surface area (Å²) >= 11 is 4.60.